The second kappa shape index (κ2) is 10.7. The Kier molecular flexibility index (Phi) is 6.87. The van der Waals surface area contributed by atoms with Crippen molar-refractivity contribution in [2.45, 2.75) is 57.2 Å². The average molecular weight is 557 g/mol. The van der Waals surface area contributed by atoms with Crippen molar-refractivity contribution in [2.24, 2.45) is 5.92 Å². The zero-order valence-electron chi connectivity index (χ0n) is 23.7. The van der Waals surface area contributed by atoms with E-state index < -0.39 is 5.82 Å². The number of fused-ring (bicyclic) bond motifs is 5. The predicted octanol–water partition coefficient (Wildman–Crippen LogP) is 5.13. The molecule has 2 aromatic carbocycles. The Labute approximate surface area is 239 Å². The Bertz CT molecular complexity index is 1570. The summed E-state index contributed by atoms with van der Waals surface area (Å²) in [6.07, 6.45) is 8.29. The van der Waals surface area contributed by atoms with Crippen LogP contribution in [0.3, 0.4) is 0 Å². The van der Waals surface area contributed by atoms with Gasteiger partial charge in [-0.15, -0.1) is 0 Å². The lowest BCUT2D eigenvalue weighted by Gasteiger charge is -2.34. The van der Waals surface area contributed by atoms with Crippen molar-refractivity contribution in [3.8, 4) is 23.0 Å². The number of nitrogens with one attached hydrogen (secondary N) is 1. The van der Waals surface area contributed by atoms with E-state index in [9.17, 15) is 5.11 Å². The summed E-state index contributed by atoms with van der Waals surface area (Å²) >= 11 is 0. The third-order valence-corrected chi connectivity index (χ3v) is 9.16. The second-order valence-corrected chi connectivity index (χ2v) is 12.1. The first kappa shape index (κ1) is 26.3. The summed E-state index contributed by atoms with van der Waals surface area (Å²) in [7, 11) is 1.48. The molecule has 4 atom stereocenters. The first-order valence-electron chi connectivity index (χ1n) is 14.8. The quantitative estimate of drug-likeness (QED) is 0.359. The Morgan fingerprint density at radius 2 is 1.83 bits per heavy atom. The molecule has 2 bridgehead atoms. The van der Waals surface area contributed by atoms with Crippen LogP contribution < -0.4 is 15.0 Å². The Morgan fingerprint density at radius 1 is 1.02 bits per heavy atom. The van der Waals surface area contributed by atoms with E-state index in [1.54, 1.807) is 12.3 Å². The summed E-state index contributed by atoms with van der Waals surface area (Å²) in [4.78, 5) is 18.2. The zero-order valence-corrected chi connectivity index (χ0v) is 23.7. The predicted molar refractivity (Wildman–Crippen MR) is 159 cm³/mol. The van der Waals surface area contributed by atoms with Gasteiger partial charge in [0.1, 0.15) is 22.8 Å². The standard InChI is InChI=1S/C24H22FN5O2.C8H15N/c1-32-24-28-22-19(23(29-24)30-11-14-6-7-15(12-30)27-14)10-26-21(20(22)25)18-9-16(31)8-13-4-2-3-5-17(13)18;1-7-5-8-3-2-4-9(8)6-7/h2-5,8-10,14-15,27,31H,6-7,11-12H2,1H3;7-8H,2-6H2,1H3/t;7-,8?/m.0/s1. The maximum absolute atomic E-state index is 15.9. The summed E-state index contributed by atoms with van der Waals surface area (Å²) in [6.45, 7) is 6.73. The lowest BCUT2D eigenvalue weighted by atomic mass is 10.0. The molecule has 8 nitrogen and oxygen atoms in total. The van der Waals surface area contributed by atoms with Gasteiger partial charge in [-0.05, 0) is 67.5 Å². The largest absolute Gasteiger partial charge is 0.508 e. The van der Waals surface area contributed by atoms with Gasteiger partial charge >= 0.3 is 6.01 Å². The molecule has 0 aliphatic carbocycles. The van der Waals surface area contributed by atoms with Crippen molar-refractivity contribution in [1.29, 1.82) is 0 Å². The molecule has 4 aliphatic heterocycles. The molecule has 3 unspecified atom stereocenters. The van der Waals surface area contributed by atoms with Gasteiger partial charge in [0, 0.05) is 49.5 Å². The van der Waals surface area contributed by atoms with Crippen LogP contribution in [0, 0.1) is 11.7 Å². The summed E-state index contributed by atoms with van der Waals surface area (Å²) in [5.74, 6) is 1.12. The maximum atomic E-state index is 15.9. The third-order valence-electron chi connectivity index (χ3n) is 9.16. The molecule has 0 amide bonds. The Balaban J connectivity index is 0.000000260. The monoisotopic (exact) mass is 556 g/mol. The molecule has 8 rings (SSSR count). The number of nitrogens with zero attached hydrogens (tertiary/aromatic N) is 5. The number of piperazine rings is 1. The fourth-order valence-electron chi connectivity index (χ4n) is 7.34. The van der Waals surface area contributed by atoms with Gasteiger partial charge in [-0.2, -0.15) is 9.97 Å². The fourth-order valence-corrected chi connectivity index (χ4v) is 7.34. The van der Waals surface area contributed by atoms with Crippen LogP contribution in [0.15, 0.2) is 42.6 Å². The number of methoxy groups -OCH3 is 1. The lowest BCUT2D eigenvalue weighted by molar-refractivity contribution is 0.319. The first-order chi connectivity index (χ1) is 20.0. The van der Waals surface area contributed by atoms with E-state index in [2.05, 4.69) is 37.0 Å². The molecule has 4 fully saturated rings. The minimum Gasteiger partial charge on any atom is -0.508 e. The molecule has 0 radical (unpaired) electrons. The van der Waals surface area contributed by atoms with E-state index in [0.717, 1.165) is 48.7 Å². The molecule has 4 aromatic rings. The van der Waals surface area contributed by atoms with E-state index in [-0.39, 0.29) is 23.0 Å². The number of anilines is 1. The molecule has 6 heterocycles. The first-order valence-corrected chi connectivity index (χ1v) is 14.8. The topological polar surface area (TPSA) is 86.6 Å². The van der Waals surface area contributed by atoms with E-state index in [4.69, 9.17) is 4.74 Å². The number of aromatic nitrogens is 3. The van der Waals surface area contributed by atoms with Crippen molar-refractivity contribution in [1.82, 2.24) is 25.2 Å². The normalized spacial score (nSPS) is 25.4. The highest BCUT2D eigenvalue weighted by Gasteiger charge is 2.34. The van der Waals surface area contributed by atoms with Crippen molar-refractivity contribution < 1.29 is 14.2 Å². The van der Waals surface area contributed by atoms with Crippen LogP contribution in [-0.4, -0.2) is 76.4 Å². The number of hydrogen-bond donors (Lipinski definition) is 2. The summed E-state index contributed by atoms with van der Waals surface area (Å²) in [5.41, 5.74) is 0.811. The van der Waals surface area contributed by atoms with Gasteiger partial charge in [0.15, 0.2) is 5.82 Å². The van der Waals surface area contributed by atoms with Gasteiger partial charge < -0.3 is 25.0 Å². The zero-order chi connectivity index (χ0) is 28.1. The summed E-state index contributed by atoms with van der Waals surface area (Å²) in [5, 5.41) is 16.0. The number of phenolic OH excluding ortho intramolecular Hbond substituents is 1. The molecule has 4 saturated heterocycles. The van der Waals surface area contributed by atoms with Crippen LogP contribution in [0.1, 0.15) is 39.0 Å². The van der Waals surface area contributed by atoms with E-state index in [0.29, 0.717) is 28.9 Å². The second-order valence-electron chi connectivity index (χ2n) is 12.1. The van der Waals surface area contributed by atoms with Gasteiger partial charge in [0.2, 0.25) is 0 Å². The van der Waals surface area contributed by atoms with Crippen LogP contribution in [0.4, 0.5) is 10.2 Å². The summed E-state index contributed by atoms with van der Waals surface area (Å²) in [6, 6.07) is 12.6. The van der Waals surface area contributed by atoms with E-state index in [1.165, 1.54) is 45.5 Å². The van der Waals surface area contributed by atoms with Crippen LogP contribution in [0.5, 0.6) is 11.8 Å². The maximum Gasteiger partial charge on any atom is 0.318 e. The molecule has 2 N–H and O–H groups in total. The number of pyridine rings is 1. The van der Waals surface area contributed by atoms with E-state index >= 15 is 4.39 Å². The molecule has 0 spiro atoms. The minimum atomic E-state index is -0.557. The number of rotatable bonds is 3. The summed E-state index contributed by atoms with van der Waals surface area (Å²) < 4.78 is 21.2. The third kappa shape index (κ3) is 4.95. The molecule has 4 aliphatic rings. The van der Waals surface area contributed by atoms with Crippen molar-refractivity contribution in [3.63, 3.8) is 0 Å². The Hall–Kier alpha value is -3.56. The van der Waals surface area contributed by atoms with Gasteiger partial charge in [-0.25, -0.2) is 4.39 Å². The average Bonchev–Trinajstić information content (AvgIpc) is 3.66. The highest BCUT2D eigenvalue weighted by atomic mass is 19.1. The minimum absolute atomic E-state index is 0.0530. The van der Waals surface area contributed by atoms with Gasteiger partial charge in [0.05, 0.1) is 12.5 Å². The van der Waals surface area contributed by atoms with Crippen molar-refractivity contribution in [3.05, 3.63) is 48.4 Å². The molecular formula is C32H37FN6O2. The smallest absolute Gasteiger partial charge is 0.318 e. The van der Waals surface area contributed by atoms with Crippen LogP contribution in [-0.2, 0) is 0 Å². The highest BCUT2D eigenvalue weighted by Crippen LogP contribution is 2.37. The Morgan fingerprint density at radius 3 is 2.61 bits per heavy atom. The van der Waals surface area contributed by atoms with Crippen molar-refractivity contribution >= 4 is 27.5 Å². The number of hydrogen-bond acceptors (Lipinski definition) is 8. The molecule has 41 heavy (non-hydrogen) atoms. The lowest BCUT2D eigenvalue weighted by Crippen LogP contribution is -2.51. The number of ether oxygens (including phenoxy) is 1. The molecule has 9 heteroatoms. The van der Waals surface area contributed by atoms with Gasteiger partial charge in [-0.1, -0.05) is 31.2 Å². The molecule has 214 valence electrons. The van der Waals surface area contributed by atoms with Crippen molar-refractivity contribution in [2.75, 3.05) is 38.2 Å². The van der Waals surface area contributed by atoms with Gasteiger partial charge in [0.25, 0.3) is 0 Å². The van der Waals surface area contributed by atoms with Gasteiger partial charge in [-0.3, -0.25) is 4.98 Å². The number of aromatic hydroxyl groups is 1. The highest BCUT2D eigenvalue weighted by molar-refractivity contribution is 5.99. The van der Waals surface area contributed by atoms with Crippen LogP contribution >= 0.6 is 0 Å². The SMILES string of the molecule is COc1nc(N2CC3CCC(C2)N3)c2cnc(-c3cc(O)cc4ccccc34)c(F)c2n1.C[C@H]1CC2CCCN2C1. The van der Waals surface area contributed by atoms with Crippen LogP contribution in [0.2, 0.25) is 0 Å². The number of phenols is 1. The molecular weight excluding hydrogens is 519 g/mol. The number of halogens is 1. The fraction of sp³-hybridized carbons (Fsp3) is 0.469. The number of benzene rings is 2. The molecule has 2 aromatic heterocycles. The molecule has 0 saturated carbocycles. The van der Waals surface area contributed by atoms with Crippen LogP contribution in [0.25, 0.3) is 32.9 Å². The van der Waals surface area contributed by atoms with E-state index in [1.807, 2.05) is 24.3 Å².